The number of nitrogens with one attached hydrogen (secondary N) is 1. The number of allylic oxidation sites excluding steroid dienone is 1. The van der Waals surface area contributed by atoms with Crippen LogP contribution in [0.3, 0.4) is 0 Å². The number of aromatic nitrogens is 1. The summed E-state index contributed by atoms with van der Waals surface area (Å²) in [6.07, 6.45) is 6.81. The molecule has 0 radical (unpaired) electrons. The Kier molecular flexibility index (Phi) is 4.35. The predicted molar refractivity (Wildman–Crippen MR) is 107 cm³/mol. The second-order valence-electron chi connectivity index (χ2n) is 8.52. The normalized spacial score (nSPS) is 20.0. The van der Waals surface area contributed by atoms with E-state index in [9.17, 15) is 0 Å². The van der Waals surface area contributed by atoms with Crippen LogP contribution in [0.15, 0.2) is 54.9 Å². The zero-order valence-corrected chi connectivity index (χ0v) is 16.8. The van der Waals surface area contributed by atoms with E-state index in [0.717, 1.165) is 0 Å². The molecule has 2 atom stereocenters. The molecule has 128 valence electrons. The molecule has 1 aliphatic carbocycles. The molecule has 3 rings (SSSR count). The standard InChI is InChI=1S/C21H30N2Si/c1-16(2)24(6,22-21(3,4)5)20-15-19(23-13-9-10-14-23)17-11-7-8-12-18(17)20/h7-16,20,22H,1-6H3. The van der Waals surface area contributed by atoms with Crippen molar-refractivity contribution in [3.05, 3.63) is 66.0 Å². The largest absolute Gasteiger partial charge is 0.332 e. The number of hydrogen-bond donors (Lipinski definition) is 1. The van der Waals surface area contributed by atoms with Crippen molar-refractivity contribution in [3.8, 4) is 0 Å². The van der Waals surface area contributed by atoms with Gasteiger partial charge in [0.2, 0.25) is 0 Å². The van der Waals surface area contributed by atoms with E-state index < -0.39 is 8.24 Å². The molecule has 0 saturated carbocycles. The van der Waals surface area contributed by atoms with E-state index >= 15 is 0 Å². The third-order valence-corrected chi connectivity index (χ3v) is 10.7. The lowest BCUT2D eigenvalue weighted by Gasteiger charge is -2.43. The second kappa shape index (κ2) is 6.05. The van der Waals surface area contributed by atoms with Gasteiger partial charge in [-0.3, -0.25) is 0 Å². The fourth-order valence-corrected chi connectivity index (χ4v) is 8.12. The Morgan fingerprint density at radius 1 is 1.04 bits per heavy atom. The first-order valence-corrected chi connectivity index (χ1v) is 11.6. The molecule has 2 unspecified atom stereocenters. The van der Waals surface area contributed by atoms with Crippen LogP contribution in [0.25, 0.3) is 5.70 Å². The zero-order chi connectivity index (χ0) is 17.5. The predicted octanol–water partition coefficient (Wildman–Crippen LogP) is 5.39. The highest BCUT2D eigenvalue weighted by Crippen LogP contribution is 2.44. The van der Waals surface area contributed by atoms with E-state index in [1.54, 1.807) is 0 Å². The number of rotatable bonds is 4. The Morgan fingerprint density at radius 3 is 2.25 bits per heavy atom. The van der Waals surface area contributed by atoms with Gasteiger partial charge in [0, 0.05) is 34.7 Å². The van der Waals surface area contributed by atoms with Crippen LogP contribution >= 0.6 is 0 Å². The van der Waals surface area contributed by atoms with Crippen LogP contribution in [0.2, 0.25) is 12.1 Å². The van der Waals surface area contributed by atoms with Crippen molar-refractivity contribution in [1.29, 1.82) is 0 Å². The van der Waals surface area contributed by atoms with E-state index in [-0.39, 0.29) is 5.54 Å². The quantitative estimate of drug-likeness (QED) is 0.740. The molecule has 1 aromatic heterocycles. The SMILES string of the molecule is CC(C)[Si](C)(NC(C)(C)C)C1C=C(n2cccc2)c2ccccc21. The summed E-state index contributed by atoms with van der Waals surface area (Å²) in [5.74, 6) is 0. The highest BCUT2D eigenvalue weighted by Gasteiger charge is 2.45. The monoisotopic (exact) mass is 338 g/mol. The number of benzene rings is 1. The number of hydrogen-bond acceptors (Lipinski definition) is 1. The minimum Gasteiger partial charge on any atom is -0.332 e. The van der Waals surface area contributed by atoms with Crippen LogP contribution in [0.5, 0.6) is 0 Å². The molecule has 1 aliphatic rings. The summed E-state index contributed by atoms with van der Waals surface area (Å²) in [6, 6.07) is 13.1. The molecule has 2 aromatic rings. The lowest BCUT2D eigenvalue weighted by Crippen LogP contribution is -2.61. The summed E-state index contributed by atoms with van der Waals surface area (Å²) in [6.45, 7) is 14.2. The van der Waals surface area contributed by atoms with Crippen LogP contribution in [0, 0.1) is 0 Å². The summed E-state index contributed by atoms with van der Waals surface area (Å²) in [7, 11) is -1.77. The average Bonchev–Trinajstić information content (AvgIpc) is 3.12. The Balaban J connectivity index is 2.12. The van der Waals surface area contributed by atoms with Crippen molar-refractivity contribution in [3.63, 3.8) is 0 Å². The zero-order valence-electron chi connectivity index (χ0n) is 15.8. The summed E-state index contributed by atoms with van der Waals surface area (Å²) < 4.78 is 2.26. The van der Waals surface area contributed by atoms with E-state index in [1.165, 1.54) is 16.8 Å². The first-order valence-electron chi connectivity index (χ1n) is 8.96. The van der Waals surface area contributed by atoms with E-state index in [1.807, 2.05) is 0 Å². The van der Waals surface area contributed by atoms with Crippen LogP contribution < -0.4 is 4.98 Å². The van der Waals surface area contributed by atoms with Gasteiger partial charge in [0.1, 0.15) is 8.24 Å². The maximum atomic E-state index is 4.07. The summed E-state index contributed by atoms with van der Waals surface area (Å²) >= 11 is 0. The van der Waals surface area contributed by atoms with Crippen molar-refractivity contribution >= 4 is 13.9 Å². The van der Waals surface area contributed by atoms with Crippen molar-refractivity contribution in [2.45, 2.75) is 57.8 Å². The molecule has 3 heteroatoms. The highest BCUT2D eigenvalue weighted by atomic mass is 28.3. The topological polar surface area (TPSA) is 17.0 Å². The smallest absolute Gasteiger partial charge is 0.137 e. The number of fused-ring (bicyclic) bond motifs is 1. The van der Waals surface area contributed by atoms with Crippen molar-refractivity contribution < 1.29 is 0 Å². The second-order valence-corrected chi connectivity index (χ2v) is 13.1. The molecular weight excluding hydrogens is 308 g/mol. The van der Waals surface area contributed by atoms with Gasteiger partial charge in [0.15, 0.2) is 0 Å². The van der Waals surface area contributed by atoms with Crippen LogP contribution in [-0.4, -0.2) is 18.3 Å². The molecule has 1 heterocycles. The fraction of sp³-hybridized carbons (Fsp3) is 0.429. The van der Waals surface area contributed by atoms with Crippen molar-refractivity contribution in [2.75, 3.05) is 0 Å². The lowest BCUT2D eigenvalue weighted by molar-refractivity contribution is 0.501. The minimum absolute atomic E-state index is 0.129. The maximum Gasteiger partial charge on any atom is 0.137 e. The van der Waals surface area contributed by atoms with Gasteiger partial charge >= 0.3 is 0 Å². The molecule has 0 saturated heterocycles. The Hall–Kier alpha value is -1.58. The van der Waals surface area contributed by atoms with Gasteiger partial charge in [-0.05, 0) is 44.0 Å². The number of nitrogens with zero attached hydrogens (tertiary/aromatic N) is 1. The van der Waals surface area contributed by atoms with Gasteiger partial charge in [0.25, 0.3) is 0 Å². The van der Waals surface area contributed by atoms with E-state index in [4.69, 9.17) is 0 Å². The van der Waals surface area contributed by atoms with Crippen LogP contribution in [-0.2, 0) is 0 Å². The van der Waals surface area contributed by atoms with Crippen LogP contribution in [0.4, 0.5) is 0 Å². The molecular formula is C21H30N2Si. The molecule has 1 N–H and O–H groups in total. The minimum atomic E-state index is -1.77. The van der Waals surface area contributed by atoms with Gasteiger partial charge in [-0.2, -0.15) is 0 Å². The Bertz CT molecular complexity index is 737. The van der Waals surface area contributed by atoms with Gasteiger partial charge in [-0.25, -0.2) is 0 Å². The van der Waals surface area contributed by atoms with Gasteiger partial charge in [0.05, 0.1) is 0 Å². The van der Waals surface area contributed by atoms with Crippen molar-refractivity contribution in [1.82, 2.24) is 9.55 Å². The molecule has 2 nitrogen and oxygen atoms in total. The molecule has 0 spiro atoms. The highest BCUT2D eigenvalue weighted by molar-refractivity contribution is 6.79. The molecule has 1 aromatic carbocycles. The molecule has 0 bridgehead atoms. The Morgan fingerprint density at radius 2 is 1.67 bits per heavy atom. The molecule has 0 fully saturated rings. The summed E-state index contributed by atoms with van der Waals surface area (Å²) in [5.41, 5.74) is 5.47. The fourth-order valence-electron chi connectivity index (χ4n) is 3.94. The van der Waals surface area contributed by atoms with Gasteiger partial charge in [-0.15, -0.1) is 0 Å². The molecule has 24 heavy (non-hydrogen) atoms. The average molecular weight is 339 g/mol. The summed E-state index contributed by atoms with van der Waals surface area (Å²) in [5, 5.41) is 0. The first kappa shape index (κ1) is 17.2. The van der Waals surface area contributed by atoms with Crippen molar-refractivity contribution in [2.24, 2.45) is 0 Å². The van der Waals surface area contributed by atoms with E-state index in [2.05, 4.69) is 106 Å². The van der Waals surface area contributed by atoms with E-state index in [0.29, 0.717) is 11.1 Å². The maximum absolute atomic E-state index is 4.07. The summed E-state index contributed by atoms with van der Waals surface area (Å²) in [4.78, 5) is 4.07. The molecule has 0 aliphatic heterocycles. The Labute approximate surface area is 147 Å². The third kappa shape index (κ3) is 3.03. The first-order chi connectivity index (χ1) is 11.2. The van der Waals surface area contributed by atoms with Gasteiger partial charge in [-0.1, -0.05) is 50.7 Å². The van der Waals surface area contributed by atoms with Crippen LogP contribution in [0.1, 0.15) is 51.3 Å². The molecule has 0 amide bonds. The third-order valence-electron chi connectivity index (χ3n) is 5.27. The lowest BCUT2D eigenvalue weighted by atomic mass is 10.1. The van der Waals surface area contributed by atoms with Gasteiger partial charge < -0.3 is 9.55 Å².